The molecule has 1 N–H and O–H groups in total. The van der Waals surface area contributed by atoms with Gasteiger partial charge in [0, 0.05) is 24.4 Å². The fourth-order valence-corrected chi connectivity index (χ4v) is 3.48. The van der Waals surface area contributed by atoms with Crippen molar-refractivity contribution in [2.45, 2.75) is 12.8 Å². The summed E-state index contributed by atoms with van der Waals surface area (Å²) in [6.45, 7) is 0.673. The first-order valence-corrected chi connectivity index (χ1v) is 9.40. The minimum atomic E-state index is -0.139. The number of benzene rings is 2. The molecule has 7 nitrogen and oxygen atoms in total. The Morgan fingerprint density at radius 2 is 1.93 bits per heavy atom. The largest absolute Gasteiger partial charge is 0.497 e. The van der Waals surface area contributed by atoms with E-state index in [1.165, 1.54) is 11.9 Å². The Labute approximate surface area is 169 Å². The third-order valence-electron chi connectivity index (χ3n) is 4.91. The van der Waals surface area contributed by atoms with Gasteiger partial charge in [0.2, 0.25) is 0 Å². The predicted octanol–water partition coefficient (Wildman–Crippen LogP) is 3.83. The molecular formula is C22H22N4O3. The second kappa shape index (κ2) is 8.18. The van der Waals surface area contributed by atoms with E-state index >= 15 is 0 Å². The molecule has 0 radical (unpaired) electrons. The lowest BCUT2D eigenvalue weighted by molar-refractivity contribution is 0.0980. The van der Waals surface area contributed by atoms with Crippen LogP contribution in [0.2, 0.25) is 0 Å². The number of methoxy groups -OCH3 is 2. The molecule has 0 bridgehead atoms. The van der Waals surface area contributed by atoms with Crippen LogP contribution in [0, 0.1) is 0 Å². The van der Waals surface area contributed by atoms with Crippen LogP contribution in [0.3, 0.4) is 0 Å². The number of hydrogen-bond acceptors (Lipinski definition) is 6. The number of anilines is 3. The average Bonchev–Trinajstić information content (AvgIpc) is 2.78. The van der Waals surface area contributed by atoms with Gasteiger partial charge in [-0.15, -0.1) is 0 Å². The van der Waals surface area contributed by atoms with E-state index in [2.05, 4.69) is 21.4 Å². The van der Waals surface area contributed by atoms with E-state index in [4.69, 9.17) is 9.47 Å². The van der Waals surface area contributed by atoms with Crippen molar-refractivity contribution in [2.24, 2.45) is 0 Å². The second-order valence-electron chi connectivity index (χ2n) is 6.67. The lowest BCUT2D eigenvalue weighted by atomic mass is 10.0. The van der Waals surface area contributed by atoms with Crippen LogP contribution in [0.25, 0.3) is 0 Å². The van der Waals surface area contributed by atoms with E-state index in [1.54, 1.807) is 31.3 Å². The maximum Gasteiger partial charge on any atom is 0.277 e. The molecule has 0 atom stereocenters. The predicted molar refractivity (Wildman–Crippen MR) is 111 cm³/mol. The minimum Gasteiger partial charge on any atom is -0.497 e. The Kier molecular flexibility index (Phi) is 5.29. The number of amides is 1. The van der Waals surface area contributed by atoms with Crippen LogP contribution in [-0.4, -0.2) is 36.6 Å². The van der Waals surface area contributed by atoms with Crippen LogP contribution in [-0.2, 0) is 6.42 Å². The Bertz CT molecular complexity index is 1040. The number of nitrogens with one attached hydrogen (secondary N) is 1. The van der Waals surface area contributed by atoms with Crippen molar-refractivity contribution < 1.29 is 14.3 Å². The van der Waals surface area contributed by atoms with E-state index in [9.17, 15) is 4.79 Å². The Balaban J connectivity index is 1.61. The molecule has 1 aliphatic heterocycles. The van der Waals surface area contributed by atoms with Gasteiger partial charge in [0.15, 0.2) is 0 Å². The molecule has 1 amide bonds. The molecule has 3 aromatic rings. The summed E-state index contributed by atoms with van der Waals surface area (Å²) < 4.78 is 10.7. The zero-order chi connectivity index (χ0) is 20.2. The summed E-state index contributed by atoms with van der Waals surface area (Å²) in [5.74, 6) is 1.69. The zero-order valence-electron chi connectivity index (χ0n) is 16.4. The summed E-state index contributed by atoms with van der Waals surface area (Å²) in [4.78, 5) is 23.4. The van der Waals surface area contributed by atoms with Gasteiger partial charge < -0.3 is 19.7 Å². The topological polar surface area (TPSA) is 76.6 Å². The molecule has 2 heterocycles. The summed E-state index contributed by atoms with van der Waals surface area (Å²) in [6, 6.07) is 15.1. The van der Waals surface area contributed by atoms with Gasteiger partial charge in [0.05, 0.1) is 19.9 Å². The number of carbonyl (C=O) groups excluding carboxylic acids is 1. The quantitative estimate of drug-likeness (QED) is 0.714. The van der Waals surface area contributed by atoms with Gasteiger partial charge in [0.1, 0.15) is 29.3 Å². The number of para-hydroxylation sites is 1. The Hall–Kier alpha value is -3.61. The number of nitrogens with zero attached hydrogens (tertiary/aromatic N) is 3. The lowest BCUT2D eigenvalue weighted by Crippen LogP contribution is -2.36. The summed E-state index contributed by atoms with van der Waals surface area (Å²) >= 11 is 0. The van der Waals surface area contributed by atoms with E-state index < -0.39 is 0 Å². The van der Waals surface area contributed by atoms with Gasteiger partial charge in [-0.1, -0.05) is 18.2 Å². The van der Waals surface area contributed by atoms with Crippen molar-refractivity contribution in [1.29, 1.82) is 0 Å². The van der Waals surface area contributed by atoms with Gasteiger partial charge in [-0.25, -0.2) is 9.97 Å². The maximum absolute atomic E-state index is 13.2. The first-order chi connectivity index (χ1) is 14.2. The Morgan fingerprint density at radius 3 is 2.76 bits per heavy atom. The number of rotatable bonds is 5. The lowest BCUT2D eigenvalue weighted by Gasteiger charge is -2.29. The van der Waals surface area contributed by atoms with Crippen molar-refractivity contribution in [3.05, 3.63) is 66.1 Å². The molecule has 0 spiro atoms. The average molecular weight is 390 g/mol. The fraction of sp³-hybridized carbons (Fsp3) is 0.227. The first-order valence-electron chi connectivity index (χ1n) is 9.40. The van der Waals surface area contributed by atoms with Crippen LogP contribution in [0.1, 0.15) is 22.5 Å². The summed E-state index contributed by atoms with van der Waals surface area (Å²) in [6.07, 6.45) is 3.30. The maximum atomic E-state index is 13.2. The third-order valence-corrected chi connectivity index (χ3v) is 4.91. The van der Waals surface area contributed by atoms with Crippen molar-refractivity contribution >= 4 is 23.1 Å². The second-order valence-corrected chi connectivity index (χ2v) is 6.67. The third kappa shape index (κ3) is 3.85. The number of hydrogen-bond donors (Lipinski definition) is 1. The van der Waals surface area contributed by atoms with Crippen LogP contribution in [0.15, 0.2) is 54.9 Å². The molecule has 148 valence electrons. The zero-order valence-corrected chi connectivity index (χ0v) is 16.4. The van der Waals surface area contributed by atoms with Gasteiger partial charge in [-0.3, -0.25) is 4.79 Å². The molecule has 2 aromatic carbocycles. The molecule has 4 rings (SSSR count). The summed E-state index contributed by atoms with van der Waals surface area (Å²) in [7, 11) is 3.19. The van der Waals surface area contributed by atoms with Crippen LogP contribution in [0.4, 0.5) is 17.2 Å². The van der Waals surface area contributed by atoms with Gasteiger partial charge >= 0.3 is 0 Å². The normalized spacial score (nSPS) is 12.8. The first kappa shape index (κ1) is 18.7. The van der Waals surface area contributed by atoms with Crippen molar-refractivity contribution in [2.75, 3.05) is 31.0 Å². The van der Waals surface area contributed by atoms with Crippen molar-refractivity contribution in [3.8, 4) is 11.5 Å². The van der Waals surface area contributed by atoms with E-state index in [-0.39, 0.29) is 5.91 Å². The highest BCUT2D eigenvalue weighted by Gasteiger charge is 2.24. The number of carbonyl (C=O) groups is 1. The van der Waals surface area contributed by atoms with Crippen molar-refractivity contribution in [1.82, 2.24) is 9.97 Å². The molecule has 7 heteroatoms. The molecule has 0 fully saturated rings. The van der Waals surface area contributed by atoms with Crippen LogP contribution >= 0.6 is 0 Å². The fourth-order valence-electron chi connectivity index (χ4n) is 3.48. The van der Waals surface area contributed by atoms with Gasteiger partial charge in [-0.05, 0) is 36.6 Å². The SMILES string of the molecule is COc1ccc(OC)c(Nc2cc(C(=O)N3CCCc4ccccc43)ncn2)c1. The monoisotopic (exact) mass is 390 g/mol. The molecule has 29 heavy (non-hydrogen) atoms. The number of aryl methyl sites for hydroxylation is 1. The molecule has 0 unspecified atom stereocenters. The highest BCUT2D eigenvalue weighted by Crippen LogP contribution is 2.31. The minimum absolute atomic E-state index is 0.139. The summed E-state index contributed by atoms with van der Waals surface area (Å²) in [5, 5.41) is 3.19. The van der Waals surface area contributed by atoms with E-state index in [0.717, 1.165) is 18.5 Å². The van der Waals surface area contributed by atoms with Crippen LogP contribution < -0.4 is 19.7 Å². The van der Waals surface area contributed by atoms with Crippen LogP contribution in [0.5, 0.6) is 11.5 Å². The number of ether oxygens (including phenoxy) is 2. The van der Waals surface area contributed by atoms with E-state index in [0.29, 0.717) is 35.2 Å². The highest BCUT2D eigenvalue weighted by atomic mass is 16.5. The molecule has 1 aromatic heterocycles. The smallest absolute Gasteiger partial charge is 0.277 e. The van der Waals surface area contributed by atoms with E-state index in [1.807, 2.05) is 30.3 Å². The highest BCUT2D eigenvalue weighted by molar-refractivity contribution is 6.05. The Morgan fingerprint density at radius 1 is 1.07 bits per heavy atom. The summed E-state index contributed by atoms with van der Waals surface area (Å²) in [5.41, 5.74) is 3.15. The molecule has 0 saturated heterocycles. The number of aromatic nitrogens is 2. The molecule has 0 saturated carbocycles. The van der Waals surface area contributed by atoms with Crippen molar-refractivity contribution in [3.63, 3.8) is 0 Å². The molecule has 0 aliphatic carbocycles. The standard InChI is InChI=1S/C22H22N4O3/c1-28-16-9-10-20(29-2)17(12-16)25-21-13-18(23-14-24-21)22(27)26-11-5-7-15-6-3-4-8-19(15)26/h3-4,6,8-10,12-14H,5,7,11H2,1-2H3,(H,23,24,25). The van der Waals surface area contributed by atoms with Gasteiger partial charge in [-0.2, -0.15) is 0 Å². The number of fused-ring (bicyclic) bond motifs is 1. The van der Waals surface area contributed by atoms with Gasteiger partial charge in [0.25, 0.3) is 5.91 Å². The molecular weight excluding hydrogens is 368 g/mol. The molecule has 1 aliphatic rings.